The number of amides is 1. The maximum absolute atomic E-state index is 13.0. The number of thioether (sulfide) groups is 1. The van der Waals surface area contributed by atoms with Crippen molar-refractivity contribution >= 4 is 50.4 Å². The molecule has 2 aliphatic rings. The second-order valence-corrected chi connectivity index (χ2v) is 10.0. The fraction of sp³-hybridized carbons (Fsp3) is 0.269. The molecule has 35 heavy (non-hydrogen) atoms. The van der Waals surface area contributed by atoms with E-state index in [0.717, 1.165) is 32.0 Å². The lowest BCUT2D eigenvalue weighted by molar-refractivity contribution is -0.139. The van der Waals surface area contributed by atoms with Crippen LogP contribution in [0.1, 0.15) is 36.6 Å². The quantitative estimate of drug-likeness (QED) is 0.431. The molecule has 2 aliphatic heterocycles. The molecular weight excluding hydrogens is 530 g/mol. The summed E-state index contributed by atoms with van der Waals surface area (Å²) >= 11 is 5.02. The summed E-state index contributed by atoms with van der Waals surface area (Å²) in [5.74, 6) is -0.208. The minimum atomic E-state index is -0.511. The Morgan fingerprint density at radius 3 is 2.60 bits per heavy atom. The highest BCUT2D eigenvalue weighted by Gasteiger charge is 2.39. The normalized spacial score (nSPS) is 16.7. The molecule has 0 saturated heterocycles. The lowest BCUT2D eigenvalue weighted by Crippen LogP contribution is -2.34. The summed E-state index contributed by atoms with van der Waals surface area (Å²) in [6.45, 7) is 7.61. The van der Waals surface area contributed by atoms with Crippen molar-refractivity contribution in [2.24, 2.45) is 4.99 Å². The minimum Gasteiger partial charge on any atom is -0.483 e. The molecule has 2 heterocycles. The molecular formula is C26H26BrN3O4S. The molecule has 0 aliphatic carbocycles. The molecule has 0 saturated carbocycles. The van der Waals surface area contributed by atoms with Gasteiger partial charge in [-0.15, -0.1) is 0 Å². The predicted molar refractivity (Wildman–Crippen MR) is 142 cm³/mol. The van der Waals surface area contributed by atoms with Crippen LogP contribution in [0.4, 0.5) is 5.69 Å². The first-order valence-electron chi connectivity index (χ1n) is 11.2. The molecule has 182 valence electrons. The van der Waals surface area contributed by atoms with Crippen molar-refractivity contribution in [3.05, 3.63) is 80.4 Å². The Hall–Kier alpha value is -3.04. The van der Waals surface area contributed by atoms with Gasteiger partial charge < -0.3 is 19.7 Å². The molecule has 1 amide bonds. The van der Waals surface area contributed by atoms with Crippen molar-refractivity contribution in [3.8, 4) is 5.75 Å². The van der Waals surface area contributed by atoms with Crippen LogP contribution < -0.4 is 10.1 Å². The first kappa shape index (κ1) is 25.1. The van der Waals surface area contributed by atoms with E-state index in [0.29, 0.717) is 17.0 Å². The number of hydrogen-bond acceptors (Lipinski definition) is 7. The summed E-state index contributed by atoms with van der Waals surface area (Å²) in [5, 5.41) is 5.57. The Labute approximate surface area is 217 Å². The van der Waals surface area contributed by atoms with Crippen molar-refractivity contribution < 1.29 is 19.1 Å². The van der Waals surface area contributed by atoms with Gasteiger partial charge in [0, 0.05) is 21.9 Å². The zero-order chi connectivity index (χ0) is 25.1. The molecule has 0 radical (unpaired) electrons. The second kappa shape index (κ2) is 10.7. The van der Waals surface area contributed by atoms with Gasteiger partial charge in [0.1, 0.15) is 5.75 Å². The number of esters is 1. The first-order chi connectivity index (χ1) is 16.8. The SMILES string of the molecule is CCOC(=O)C1=C(C)N=C2SC=CN2[C@@H]1c1cc(Br)ccc1OCC(=O)Nc1cc(C)cc(C)c1. The molecule has 1 atom stereocenters. The largest absolute Gasteiger partial charge is 0.483 e. The van der Waals surface area contributed by atoms with Crippen molar-refractivity contribution in [2.75, 3.05) is 18.5 Å². The number of amidine groups is 1. The number of fused-ring (bicyclic) bond motifs is 1. The molecule has 2 aromatic carbocycles. The molecule has 9 heteroatoms. The minimum absolute atomic E-state index is 0.183. The Morgan fingerprint density at radius 2 is 1.89 bits per heavy atom. The molecule has 0 fully saturated rings. The average Bonchev–Trinajstić information content (AvgIpc) is 3.24. The molecule has 1 N–H and O–H groups in total. The molecule has 0 spiro atoms. The number of carbonyl (C=O) groups is 2. The summed E-state index contributed by atoms with van der Waals surface area (Å²) in [6, 6.07) is 10.9. The van der Waals surface area contributed by atoms with Crippen LogP contribution in [0.2, 0.25) is 0 Å². The number of aliphatic imine (C=N–C) groups is 1. The smallest absolute Gasteiger partial charge is 0.338 e. The van der Waals surface area contributed by atoms with Gasteiger partial charge in [0.15, 0.2) is 11.8 Å². The summed E-state index contributed by atoms with van der Waals surface area (Å²) in [4.78, 5) is 32.2. The molecule has 0 bridgehead atoms. The van der Waals surface area contributed by atoms with Crippen LogP contribution in [0, 0.1) is 13.8 Å². The van der Waals surface area contributed by atoms with E-state index in [4.69, 9.17) is 9.47 Å². The third-order valence-electron chi connectivity index (χ3n) is 5.45. The monoisotopic (exact) mass is 555 g/mol. The predicted octanol–water partition coefficient (Wildman–Crippen LogP) is 5.85. The number of halogens is 1. The molecule has 0 unspecified atom stereocenters. The van der Waals surface area contributed by atoms with Crippen LogP contribution in [0.3, 0.4) is 0 Å². The number of ether oxygens (including phenoxy) is 2. The highest BCUT2D eigenvalue weighted by Crippen LogP contribution is 2.44. The summed E-state index contributed by atoms with van der Waals surface area (Å²) in [6.07, 6.45) is 1.89. The third-order valence-corrected chi connectivity index (χ3v) is 6.71. The Bertz CT molecular complexity index is 1250. The number of allylic oxidation sites excluding steroid dienone is 1. The van der Waals surface area contributed by atoms with Crippen molar-refractivity contribution in [2.45, 2.75) is 33.7 Å². The zero-order valence-corrected chi connectivity index (χ0v) is 22.3. The van der Waals surface area contributed by atoms with Gasteiger partial charge in [-0.2, -0.15) is 0 Å². The van der Waals surface area contributed by atoms with E-state index in [1.807, 2.05) is 60.7 Å². The Balaban J connectivity index is 1.63. The van der Waals surface area contributed by atoms with Gasteiger partial charge in [-0.1, -0.05) is 33.8 Å². The van der Waals surface area contributed by atoms with Crippen LogP contribution in [0.25, 0.3) is 0 Å². The van der Waals surface area contributed by atoms with Crippen LogP contribution in [0.15, 0.2) is 68.7 Å². The number of rotatable bonds is 7. The average molecular weight is 556 g/mol. The fourth-order valence-corrected chi connectivity index (χ4v) is 5.30. The topological polar surface area (TPSA) is 80.2 Å². The highest BCUT2D eigenvalue weighted by atomic mass is 79.9. The van der Waals surface area contributed by atoms with Crippen molar-refractivity contribution in [3.63, 3.8) is 0 Å². The van der Waals surface area contributed by atoms with Gasteiger partial charge in [0.05, 0.1) is 23.9 Å². The van der Waals surface area contributed by atoms with E-state index < -0.39 is 12.0 Å². The molecule has 7 nitrogen and oxygen atoms in total. The van der Waals surface area contributed by atoms with E-state index in [1.165, 1.54) is 11.8 Å². The highest BCUT2D eigenvalue weighted by molar-refractivity contribution is 9.10. The van der Waals surface area contributed by atoms with Gasteiger partial charge in [-0.05, 0) is 74.6 Å². The van der Waals surface area contributed by atoms with Gasteiger partial charge in [0.25, 0.3) is 5.91 Å². The van der Waals surface area contributed by atoms with Crippen LogP contribution in [-0.2, 0) is 14.3 Å². The standard InChI is InChI=1S/C26H26BrN3O4S/c1-5-33-25(32)23-17(4)28-26-30(8-9-35-26)24(23)20-13-18(27)6-7-21(20)34-14-22(31)29-19-11-15(2)10-16(3)12-19/h6-13,24H,5,14H2,1-4H3,(H,29,31)/t24-/m1/s1. The van der Waals surface area contributed by atoms with E-state index in [-0.39, 0.29) is 19.1 Å². The van der Waals surface area contributed by atoms with Crippen LogP contribution >= 0.6 is 27.7 Å². The van der Waals surface area contributed by atoms with Crippen molar-refractivity contribution in [1.82, 2.24) is 4.90 Å². The van der Waals surface area contributed by atoms with E-state index in [9.17, 15) is 9.59 Å². The van der Waals surface area contributed by atoms with Gasteiger partial charge in [-0.3, -0.25) is 4.79 Å². The lowest BCUT2D eigenvalue weighted by Gasteiger charge is -2.34. The number of hydrogen-bond donors (Lipinski definition) is 1. The maximum Gasteiger partial charge on any atom is 0.338 e. The van der Waals surface area contributed by atoms with Gasteiger partial charge in [-0.25, -0.2) is 9.79 Å². The zero-order valence-electron chi connectivity index (χ0n) is 19.9. The fourth-order valence-electron chi connectivity index (χ4n) is 4.13. The van der Waals surface area contributed by atoms with Crippen LogP contribution in [0.5, 0.6) is 5.75 Å². The molecule has 4 rings (SSSR count). The first-order valence-corrected chi connectivity index (χ1v) is 12.8. The number of anilines is 1. The van der Waals surface area contributed by atoms with Crippen molar-refractivity contribution in [1.29, 1.82) is 0 Å². The third kappa shape index (κ3) is 5.62. The number of nitrogens with zero attached hydrogens (tertiary/aromatic N) is 2. The number of carbonyl (C=O) groups excluding carboxylic acids is 2. The molecule has 2 aromatic rings. The van der Waals surface area contributed by atoms with E-state index in [1.54, 1.807) is 19.9 Å². The number of nitrogens with one attached hydrogen (secondary N) is 1. The maximum atomic E-state index is 13.0. The van der Waals surface area contributed by atoms with E-state index >= 15 is 0 Å². The number of aryl methyl sites for hydroxylation is 2. The summed E-state index contributed by atoms with van der Waals surface area (Å²) in [5.41, 5.74) is 4.61. The molecule has 0 aromatic heterocycles. The second-order valence-electron chi connectivity index (χ2n) is 8.22. The Kier molecular flexibility index (Phi) is 7.66. The Morgan fingerprint density at radius 1 is 1.14 bits per heavy atom. The van der Waals surface area contributed by atoms with E-state index in [2.05, 4.69) is 26.2 Å². The summed E-state index contributed by atoms with van der Waals surface area (Å²) < 4.78 is 12.2. The van der Waals surface area contributed by atoms with Gasteiger partial charge in [0.2, 0.25) is 0 Å². The van der Waals surface area contributed by atoms with Gasteiger partial charge >= 0.3 is 5.97 Å². The van der Waals surface area contributed by atoms with Crippen LogP contribution in [-0.4, -0.2) is 35.2 Å². The summed E-state index contributed by atoms with van der Waals surface area (Å²) in [7, 11) is 0. The lowest BCUT2D eigenvalue weighted by atomic mass is 9.94. The number of benzene rings is 2.